The minimum Gasteiger partial charge on any atom is -0.495 e. The van der Waals surface area contributed by atoms with Crippen molar-refractivity contribution in [1.29, 1.82) is 0 Å². The summed E-state index contributed by atoms with van der Waals surface area (Å²) in [5.74, 6) is 0.729. The quantitative estimate of drug-likeness (QED) is 0.800. The van der Waals surface area contributed by atoms with Gasteiger partial charge in [-0.1, -0.05) is 11.6 Å². The summed E-state index contributed by atoms with van der Waals surface area (Å²) in [7, 11) is 1.55. The topological polar surface area (TPSA) is 84.4 Å². The van der Waals surface area contributed by atoms with Crippen LogP contribution in [0.1, 0.15) is 36.0 Å². The Kier molecular flexibility index (Phi) is 6.81. The third kappa shape index (κ3) is 5.19. The number of nitrogens with one attached hydrogen (secondary N) is 1. The molecular weight excluding hydrogens is 380 g/mol. The van der Waals surface area contributed by atoms with Crippen molar-refractivity contribution in [3.8, 4) is 5.75 Å². The molecule has 0 radical (unpaired) electrons. The summed E-state index contributed by atoms with van der Waals surface area (Å²) in [6, 6.07) is 6.77. The lowest BCUT2D eigenvalue weighted by atomic mass is 9.93. The fourth-order valence-corrected chi connectivity index (χ4v) is 3.58. The molecule has 1 aliphatic rings. The van der Waals surface area contributed by atoms with Crippen molar-refractivity contribution in [2.24, 2.45) is 5.92 Å². The Morgan fingerprint density at radius 2 is 2.18 bits per heavy atom. The highest BCUT2D eigenvalue weighted by Gasteiger charge is 2.25. The zero-order chi connectivity index (χ0) is 19.9. The van der Waals surface area contributed by atoms with Crippen molar-refractivity contribution in [1.82, 2.24) is 15.1 Å². The molecule has 0 saturated carbocycles. The summed E-state index contributed by atoms with van der Waals surface area (Å²) in [5, 5.41) is 10.9. The summed E-state index contributed by atoms with van der Waals surface area (Å²) in [5.41, 5.74) is 1.10. The minimum atomic E-state index is -0.0950. The van der Waals surface area contributed by atoms with Gasteiger partial charge < -0.3 is 15.0 Å². The first kappa shape index (κ1) is 20.1. The second-order valence-corrected chi connectivity index (χ2v) is 7.26. The van der Waals surface area contributed by atoms with Gasteiger partial charge in [0.2, 0.25) is 5.91 Å². The molecule has 0 unspecified atom stereocenters. The van der Waals surface area contributed by atoms with Crippen LogP contribution in [0.4, 0.5) is 5.69 Å². The lowest BCUT2D eigenvalue weighted by Crippen LogP contribution is -2.40. The predicted octanol–water partition coefficient (Wildman–Crippen LogP) is 3.41. The monoisotopic (exact) mass is 402 g/mol. The number of carbonyl (C=O) groups is 2. The average Bonchev–Trinajstić information content (AvgIpc) is 2.73. The Bertz CT molecular complexity index is 831. The zero-order valence-corrected chi connectivity index (χ0v) is 16.5. The van der Waals surface area contributed by atoms with Gasteiger partial charge in [0.1, 0.15) is 5.75 Å². The van der Waals surface area contributed by atoms with E-state index in [9.17, 15) is 9.59 Å². The zero-order valence-electron chi connectivity index (χ0n) is 15.7. The van der Waals surface area contributed by atoms with Crippen LogP contribution in [0.15, 0.2) is 36.7 Å². The molecule has 1 fully saturated rings. The highest BCUT2D eigenvalue weighted by atomic mass is 35.5. The number of halogens is 1. The molecule has 1 N–H and O–H groups in total. The molecule has 1 aromatic carbocycles. The molecule has 2 aromatic rings. The molecule has 1 aliphatic heterocycles. The number of likely N-dealkylation sites (tertiary alicyclic amines) is 1. The Morgan fingerprint density at radius 3 is 2.93 bits per heavy atom. The standard InChI is InChI=1S/C20H23ClN4O3/c1-28-18-6-5-16(21)11-17(18)24-19(26)7-4-14-3-2-10-25(13-14)20(27)15-8-9-22-23-12-15/h5-6,8-9,11-12,14H,2-4,7,10,13H2,1H3,(H,24,26)/t14-/m1/s1. The minimum absolute atomic E-state index is 0.0345. The highest BCUT2D eigenvalue weighted by molar-refractivity contribution is 6.31. The van der Waals surface area contributed by atoms with Crippen molar-refractivity contribution < 1.29 is 14.3 Å². The second-order valence-electron chi connectivity index (χ2n) is 6.82. The molecular formula is C20H23ClN4O3. The summed E-state index contributed by atoms with van der Waals surface area (Å²) >= 11 is 6.00. The number of carbonyl (C=O) groups excluding carboxylic acids is 2. The van der Waals surface area contributed by atoms with Crippen molar-refractivity contribution in [3.05, 3.63) is 47.2 Å². The fraction of sp³-hybridized carbons (Fsp3) is 0.400. The Balaban J connectivity index is 1.52. The molecule has 1 saturated heterocycles. The van der Waals surface area contributed by atoms with Crippen molar-refractivity contribution >= 4 is 29.1 Å². The smallest absolute Gasteiger partial charge is 0.255 e. The van der Waals surface area contributed by atoms with Crippen molar-refractivity contribution in [3.63, 3.8) is 0 Å². The summed E-state index contributed by atoms with van der Waals surface area (Å²) < 4.78 is 5.25. The lowest BCUT2D eigenvalue weighted by molar-refractivity contribution is -0.116. The molecule has 1 atom stereocenters. The SMILES string of the molecule is COc1ccc(Cl)cc1NC(=O)CC[C@H]1CCCN(C(=O)c2ccnnc2)C1. The number of piperidine rings is 1. The van der Waals surface area contributed by atoms with E-state index >= 15 is 0 Å². The van der Waals surface area contributed by atoms with Crippen LogP contribution in [0.2, 0.25) is 5.02 Å². The number of benzene rings is 1. The van der Waals surface area contributed by atoms with Crippen LogP contribution in [0, 0.1) is 5.92 Å². The van der Waals surface area contributed by atoms with Gasteiger partial charge in [-0.2, -0.15) is 10.2 Å². The van der Waals surface area contributed by atoms with E-state index in [2.05, 4.69) is 15.5 Å². The Labute approximate surface area is 169 Å². The molecule has 0 bridgehead atoms. The summed E-state index contributed by atoms with van der Waals surface area (Å²) in [6.07, 6.45) is 6.03. The normalized spacial score (nSPS) is 16.5. The van der Waals surface area contributed by atoms with E-state index in [1.165, 1.54) is 12.4 Å². The maximum atomic E-state index is 12.6. The molecule has 1 aromatic heterocycles. The van der Waals surface area contributed by atoms with E-state index in [0.717, 1.165) is 19.4 Å². The molecule has 148 valence electrons. The first-order chi connectivity index (χ1) is 13.6. The Hall–Kier alpha value is -2.67. The number of ether oxygens (including phenoxy) is 1. The first-order valence-electron chi connectivity index (χ1n) is 9.26. The molecule has 0 spiro atoms. The number of amides is 2. The van der Waals surface area contributed by atoms with Crippen molar-refractivity contribution in [2.45, 2.75) is 25.7 Å². The molecule has 3 rings (SSSR count). The summed E-state index contributed by atoms with van der Waals surface area (Å²) in [4.78, 5) is 26.8. The van der Waals surface area contributed by atoms with E-state index in [-0.39, 0.29) is 11.8 Å². The number of methoxy groups -OCH3 is 1. The van der Waals surface area contributed by atoms with Gasteiger partial charge in [0.15, 0.2) is 0 Å². The molecule has 7 nitrogen and oxygen atoms in total. The van der Waals surface area contributed by atoms with Gasteiger partial charge in [-0.05, 0) is 49.4 Å². The van der Waals surface area contributed by atoms with Crippen LogP contribution in [-0.4, -0.2) is 47.1 Å². The van der Waals surface area contributed by atoms with E-state index in [0.29, 0.717) is 47.3 Å². The van der Waals surface area contributed by atoms with Gasteiger partial charge in [-0.25, -0.2) is 0 Å². The number of aromatic nitrogens is 2. The summed E-state index contributed by atoms with van der Waals surface area (Å²) in [6.45, 7) is 1.37. The first-order valence-corrected chi connectivity index (χ1v) is 9.64. The van der Waals surface area contributed by atoms with E-state index in [1.54, 1.807) is 31.4 Å². The van der Waals surface area contributed by atoms with Crippen molar-refractivity contribution in [2.75, 3.05) is 25.5 Å². The average molecular weight is 403 g/mol. The van der Waals surface area contributed by atoms with Crippen LogP contribution < -0.4 is 10.1 Å². The molecule has 0 aliphatic carbocycles. The van der Waals surface area contributed by atoms with Crippen LogP contribution in [0.25, 0.3) is 0 Å². The highest BCUT2D eigenvalue weighted by Crippen LogP contribution is 2.28. The largest absolute Gasteiger partial charge is 0.495 e. The maximum Gasteiger partial charge on any atom is 0.255 e. The number of anilines is 1. The van der Waals surface area contributed by atoms with Crippen LogP contribution in [0.3, 0.4) is 0 Å². The van der Waals surface area contributed by atoms with Crippen LogP contribution >= 0.6 is 11.6 Å². The van der Waals surface area contributed by atoms with E-state index in [1.807, 2.05) is 4.90 Å². The van der Waals surface area contributed by atoms with Gasteiger partial charge in [-0.15, -0.1) is 0 Å². The third-order valence-electron chi connectivity index (χ3n) is 4.85. The molecule has 2 amide bonds. The predicted molar refractivity (Wildman–Crippen MR) is 107 cm³/mol. The Morgan fingerprint density at radius 1 is 1.32 bits per heavy atom. The van der Waals surface area contributed by atoms with E-state index in [4.69, 9.17) is 16.3 Å². The van der Waals surface area contributed by atoms with Gasteiger partial charge >= 0.3 is 0 Å². The molecule has 2 heterocycles. The fourth-order valence-electron chi connectivity index (χ4n) is 3.41. The van der Waals surface area contributed by atoms with Gasteiger partial charge in [0, 0.05) is 24.5 Å². The number of hydrogen-bond donors (Lipinski definition) is 1. The lowest BCUT2D eigenvalue weighted by Gasteiger charge is -2.32. The van der Waals surface area contributed by atoms with Gasteiger partial charge in [0.05, 0.1) is 30.8 Å². The number of nitrogens with zero attached hydrogens (tertiary/aromatic N) is 3. The number of rotatable bonds is 6. The van der Waals surface area contributed by atoms with Gasteiger partial charge in [-0.3, -0.25) is 9.59 Å². The number of hydrogen-bond acceptors (Lipinski definition) is 5. The maximum absolute atomic E-state index is 12.6. The van der Waals surface area contributed by atoms with Crippen LogP contribution in [0.5, 0.6) is 5.75 Å². The third-order valence-corrected chi connectivity index (χ3v) is 5.09. The van der Waals surface area contributed by atoms with Gasteiger partial charge in [0.25, 0.3) is 5.91 Å². The van der Waals surface area contributed by atoms with Crippen LogP contribution in [-0.2, 0) is 4.79 Å². The molecule has 8 heteroatoms. The van der Waals surface area contributed by atoms with E-state index < -0.39 is 0 Å². The second kappa shape index (κ2) is 9.50. The molecule has 28 heavy (non-hydrogen) atoms.